The Kier molecular flexibility index (Phi) is 5.24. The van der Waals surface area contributed by atoms with E-state index in [1.54, 1.807) is 13.2 Å². The summed E-state index contributed by atoms with van der Waals surface area (Å²) >= 11 is 2.19. The summed E-state index contributed by atoms with van der Waals surface area (Å²) in [5.74, 6) is 1.16. The maximum atomic E-state index is 13.2. The van der Waals surface area contributed by atoms with Crippen molar-refractivity contribution in [3.63, 3.8) is 0 Å². The van der Waals surface area contributed by atoms with E-state index in [0.717, 1.165) is 20.6 Å². The molecule has 0 aliphatic carbocycles. The van der Waals surface area contributed by atoms with Crippen LogP contribution in [0.4, 0.5) is 10.2 Å². The molecule has 0 fully saturated rings. The maximum absolute atomic E-state index is 13.2. The molecule has 0 amide bonds. The Morgan fingerprint density at radius 3 is 2.80 bits per heavy atom. The number of anilines is 1. The van der Waals surface area contributed by atoms with E-state index < -0.39 is 0 Å². The van der Waals surface area contributed by atoms with Gasteiger partial charge in [0.1, 0.15) is 17.5 Å². The van der Waals surface area contributed by atoms with Gasteiger partial charge in [-0.2, -0.15) is 0 Å². The van der Waals surface area contributed by atoms with Gasteiger partial charge in [0.15, 0.2) is 0 Å². The minimum Gasteiger partial charge on any atom is -0.378 e. The fourth-order valence-electron chi connectivity index (χ4n) is 1.85. The van der Waals surface area contributed by atoms with Crippen molar-refractivity contribution < 1.29 is 9.13 Å². The van der Waals surface area contributed by atoms with Crippen molar-refractivity contribution in [3.05, 3.63) is 50.7 Å². The normalized spacial score (nSPS) is 10.6. The molecule has 1 aromatic carbocycles. The number of halogens is 2. The fraction of sp³-hybridized carbons (Fsp3) is 0.286. The van der Waals surface area contributed by atoms with Crippen LogP contribution in [0.25, 0.3) is 0 Å². The van der Waals surface area contributed by atoms with Crippen molar-refractivity contribution in [2.75, 3.05) is 19.5 Å². The summed E-state index contributed by atoms with van der Waals surface area (Å²) in [5.41, 5.74) is 1.68. The quantitative estimate of drug-likeness (QED) is 0.802. The second kappa shape index (κ2) is 6.94. The molecule has 0 aliphatic rings. The van der Waals surface area contributed by atoms with E-state index in [1.807, 2.05) is 13.1 Å². The van der Waals surface area contributed by atoms with E-state index >= 15 is 0 Å². The van der Waals surface area contributed by atoms with Gasteiger partial charge in [0.25, 0.3) is 0 Å². The number of hydrogen-bond acceptors (Lipinski definition) is 4. The summed E-state index contributed by atoms with van der Waals surface area (Å²) in [7, 11) is 3.44. The van der Waals surface area contributed by atoms with Crippen molar-refractivity contribution in [2.24, 2.45) is 0 Å². The van der Waals surface area contributed by atoms with Gasteiger partial charge in [-0.05, 0) is 40.3 Å². The second-order valence-corrected chi connectivity index (χ2v) is 5.32. The lowest BCUT2D eigenvalue weighted by Crippen LogP contribution is -2.09. The van der Waals surface area contributed by atoms with Crippen molar-refractivity contribution in [3.8, 4) is 0 Å². The zero-order chi connectivity index (χ0) is 14.5. The van der Waals surface area contributed by atoms with Crippen LogP contribution in [0.3, 0.4) is 0 Å². The molecule has 2 aromatic rings. The number of methoxy groups -OCH3 is 1. The lowest BCUT2D eigenvalue weighted by atomic mass is 10.1. The molecule has 0 radical (unpaired) electrons. The van der Waals surface area contributed by atoms with Crippen LogP contribution in [-0.2, 0) is 17.8 Å². The molecular formula is C14H15FIN3O. The highest BCUT2D eigenvalue weighted by molar-refractivity contribution is 14.1. The molecule has 0 atom stereocenters. The Morgan fingerprint density at radius 2 is 2.15 bits per heavy atom. The summed E-state index contributed by atoms with van der Waals surface area (Å²) in [6.45, 7) is 0.422. The van der Waals surface area contributed by atoms with E-state index in [2.05, 4.69) is 37.9 Å². The molecule has 1 N–H and O–H groups in total. The zero-order valence-electron chi connectivity index (χ0n) is 11.3. The number of nitrogens with zero attached hydrogens (tertiary/aromatic N) is 2. The predicted molar refractivity (Wildman–Crippen MR) is 84.2 cm³/mol. The Morgan fingerprint density at radius 1 is 1.35 bits per heavy atom. The van der Waals surface area contributed by atoms with Crippen LogP contribution in [0.2, 0.25) is 0 Å². The number of hydrogen-bond donors (Lipinski definition) is 1. The number of nitrogens with one attached hydrogen (secondary N) is 1. The number of aromatic nitrogens is 2. The maximum Gasteiger partial charge on any atom is 0.143 e. The molecule has 0 spiro atoms. The Balaban J connectivity index is 2.34. The smallest absolute Gasteiger partial charge is 0.143 e. The standard InChI is InChI=1S/C14H15FIN3O/c1-17-14-13(16)11(8-20-2)18-12(19-14)7-9-4-3-5-10(15)6-9/h3-6H,7-8H2,1-2H3,(H,17,18,19). The molecule has 20 heavy (non-hydrogen) atoms. The van der Waals surface area contributed by atoms with Gasteiger partial charge in [0.05, 0.1) is 15.9 Å². The summed E-state index contributed by atoms with van der Waals surface area (Å²) in [6.07, 6.45) is 0.486. The molecule has 0 unspecified atom stereocenters. The highest BCUT2D eigenvalue weighted by Crippen LogP contribution is 2.20. The Hall–Kier alpha value is -1.28. The van der Waals surface area contributed by atoms with Crippen LogP contribution in [0.15, 0.2) is 24.3 Å². The van der Waals surface area contributed by atoms with Crippen LogP contribution < -0.4 is 5.32 Å². The van der Waals surface area contributed by atoms with E-state index in [9.17, 15) is 4.39 Å². The highest BCUT2D eigenvalue weighted by Gasteiger charge is 2.11. The fourth-order valence-corrected chi connectivity index (χ4v) is 2.52. The van der Waals surface area contributed by atoms with Gasteiger partial charge in [-0.3, -0.25) is 0 Å². The molecule has 2 rings (SSSR count). The molecule has 1 aromatic heterocycles. The number of benzene rings is 1. The second-order valence-electron chi connectivity index (χ2n) is 4.24. The third kappa shape index (κ3) is 3.63. The first-order chi connectivity index (χ1) is 9.63. The minimum atomic E-state index is -0.251. The van der Waals surface area contributed by atoms with Gasteiger partial charge >= 0.3 is 0 Å². The van der Waals surface area contributed by atoms with E-state index in [4.69, 9.17) is 4.74 Å². The average molecular weight is 387 g/mol. The van der Waals surface area contributed by atoms with Crippen LogP contribution >= 0.6 is 22.6 Å². The van der Waals surface area contributed by atoms with Crippen LogP contribution in [0, 0.1) is 9.39 Å². The highest BCUT2D eigenvalue weighted by atomic mass is 127. The summed E-state index contributed by atoms with van der Waals surface area (Å²) in [4.78, 5) is 8.94. The molecule has 106 valence electrons. The lowest BCUT2D eigenvalue weighted by molar-refractivity contribution is 0.180. The minimum absolute atomic E-state index is 0.251. The zero-order valence-corrected chi connectivity index (χ0v) is 13.4. The van der Waals surface area contributed by atoms with Crippen molar-refractivity contribution in [2.45, 2.75) is 13.0 Å². The van der Waals surface area contributed by atoms with Crippen molar-refractivity contribution in [1.82, 2.24) is 9.97 Å². The van der Waals surface area contributed by atoms with Gasteiger partial charge in [-0.25, -0.2) is 14.4 Å². The first-order valence-corrected chi connectivity index (χ1v) is 7.18. The van der Waals surface area contributed by atoms with E-state index in [0.29, 0.717) is 18.9 Å². The first kappa shape index (κ1) is 15.1. The van der Waals surface area contributed by atoms with Gasteiger partial charge in [0.2, 0.25) is 0 Å². The predicted octanol–water partition coefficient (Wildman–Crippen LogP) is 3.00. The van der Waals surface area contributed by atoms with Crippen LogP contribution in [-0.4, -0.2) is 24.1 Å². The molecule has 4 nitrogen and oxygen atoms in total. The molecule has 0 aliphatic heterocycles. The largest absolute Gasteiger partial charge is 0.378 e. The van der Waals surface area contributed by atoms with Crippen LogP contribution in [0.5, 0.6) is 0 Å². The van der Waals surface area contributed by atoms with Crippen molar-refractivity contribution >= 4 is 28.4 Å². The van der Waals surface area contributed by atoms with Gasteiger partial charge in [-0.15, -0.1) is 0 Å². The Bertz CT molecular complexity index is 607. The lowest BCUT2D eigenvalue weighted by Gasteiger charge is -2.10. The Labute approximate surface area is 130 Å². The molecule has 0 saturated carbocycles. The van der Waals surface area contributed by atoms with Crippen LogP contribution in [0.1, 0.15) is 17.1 Å². The molecule has 0 saturated heterocycles. The third-order valence-corrected chi connectivity index (χ3v) is 3.87. The topological polar surface area (TPSA) is 47.0 Å². The monoisotopic (exact) mass is 387 g/mol. The third-order valence-electron chi connectivity index (χ3n) is 2.74. The van der Waals surface area contributed by atoms with E-state index in [-0.39, 0.29) is 5.82 Å². The van der Waals surface area contributed by atoms with Crippen molar-refractivity contribution in [1.29, 1.82) is 0 Å². The molecular weight excluding hydrogens is 372 g/mol. The molecule has 1 heterocycles. The van der Waals surface area contributed by atoms with Gasteiger partial charge in [0, 0.05) is 20.6 Å². The summed E-state index contributed by atoms with van der Waals surface area (Å²) in [6, 6.07) is 6.47. The van der Waals surface area contributed by atoms with Gasteiger partial charge in [-0.1, -0.05) is 12.1 Å². The average Bonchev–Trinajstić information content (AvgIpc) is 2.42. The first-order valence-electron chi connectivity index (χ1n) is 6.10. The SMILES string of the molecule is CNc1nc(Cc2cccc(F)c2)nc(COC)c1I. The van der Waals surface area contributed by atoms with E-state index in [1.165, 1.54) is 12.1 Å². The molecule has 6 heteroatoms. The number of rotatable bonds is 5. The number of ether oxygens (including phenoxy) is 1. The summed E-state index contributed by atoms with van der Waals surface area (Å²) in [5, 5.41) is 3.04. The molecule has 0 bridgehead atoms. The summed E-state index contributed by atoms with van der Waals surface area (Å²) < 4.78 is 19.3. The van der Waals surface area contributed by atoms with Gasteiger partial charge < -0.3 is 10.1 Å².